The summed E-state index contributed by atoms with van der Waals surface area (Å²) in [6.45, 7) is 0. The van der Waals surface area contributed by atoms with Crippen molar-refractivity contribution in [3.05, 3.63) is 50.9 Å². The van der Waals surface area contributed by atoms with E-state index in [2.05, 4.69) is 32.6 Å². The Morgan fingerprint density at radius 3 is 2.84 bits per heavy atom. The normalized spacial score (nSPS) is 11.1. The van der Waals surface area contributed by atoms with Gasteiger partial charge in [0.1, 0.15) is 11.3 Å². The maximum absolute atomic E-state index is 6.00. The standard InChI is InChI=1S/C13H8Cl2IN3/c14-7-12-18-10-2-1-5-17-13(10)19(12)11-4-3-8(15)6-9(11)16/h1-6H,7H2. The van der Waals surface area contributed by atoms with Crippen molar-refractivity contribution >= 4 is 57.0 Å². The lowest BCUT2D eigenvalue weighted by Gasteiger charge is -2.09. The first-order valence-corrected chi connectivity index (χ1v) is 7.53. The van der Waals surface area contributed by atoms with Gasteiger partial charge in [0, 0.05) is 14.8 Å². The van der Waals surface area contributed by atoms with Gasteiger partial charge in [0.05, 0.1) is 11.6 Å². The Morgan fingerprint density at radius 1 is 1.26 bits per heavy atom. The van der Waals surface area contributed by atoms with Crippen molar-refractivity contribution in [1.82, 2.24) is 14.5 Å². The molecule has 2 heterocycles. The van der Waals surface area contributed by atoms with Crippen LogP contribution in [0.1, 0.15) is 5.82 Å². The second-order valence-electron chi connectivity index (χ2n) is 3.94. The molecule has 2 aromatic heterocycles. The molecule has 0 radical (unpaired) electrons. The maximum Gasteiger partial charge on any atom is 0.164 e. The Labute approximate surface area is 133 Å². The number of alkyl halides is 1. The Morgan fingerprint density at radius 2 is 2.11 bits per heavy atom. The highest BCUT2D eigenvalue weighted by Crippen LogP contribution is 2.26. The fourth-order valence-corrected chi connectivity index (χ4v) is 3.26. The molecule has 0 aliphatic heterocycles. The average molecular weight is 404 g/mol. The predicted octanol–water partition coefficient (Wildman–Crippen LogP) is 4.42. The smallest absolute Gasteiger partial charge is 0.164 e. The zero-order chi connectivity index (χ0) is 13.4. The van der Waals surface area contributed by atoms with Crippen LogP contribution in [0.15, 0.2) is 36.5 Å². The summed E-state index contributed by atoms with van der Waals surface area (Å²) in [5.41, 5.74) is 2.63. The van der Waals surface area contributed by atoms with Crippen LogP contribution in [0.4, 0.5) is 0 Å². The second-order valence-corrected chi connectivity index (χ2v) is 5.80. The van der Waals surface area contributed by atoms with Crippen molar-refractivity contribution in [1.29, 1.82) is 0 Å². The highest BCUT2D eigenvalue weighted by Gasteiger charge is 2.14. The fourth-order valence-electron chi connectivity index (χ4n) is 1.96. The number of halogens is 3. The van der Waals surface area contributed by atoms with E-state index in [1.807, 2.05) is 34.9 Å². The van der Waals surface area contributed by atoms with E-state index >= 15 is 0 Å². The summed E-state index contributed by atoms with van der Waals surface area (Å²) in [5.74, 6) is 1.10. The van der Waals surface area contributed by atoms with E-state index in [0.717, 1.165) is 26.2 Å². The van der Waals surface area contributed by atoms with Gasteiger partial charge in [-0.05, 0) is 52.9 Å². The van der Waals surface area contributed by atoms with Crippen LogP contribution < -0.4 is 0 Å². The third kappa shape index (κ3) is 2.32. The second kappa shape index (κ2) is 5.26. The summed E-state index contributed by atoms with van der Waals surface area (Å²) in [7, 11) is 0. The summed E-state index contributed by atoms with van der Waals surface area (Å²) in [6, 6.07) is 9.51. The molecule has 0 amide bonds. The van der Waals surface area contributed by atoms with Gasteiger partial charge < -0.3 is 0 Å². The molecule has 19 heavy (non-hydrogen) atoms. The lowest BCUT2D eigenvalue weighted by molar-refractivity contribution is 0.965. The zero-order valence-corrected chi connectivity index (χ0v) is 13.3. The van der Waals surface area contributed by atoms with Gasteiger partial charge in [0.25, 0.3) is 0 Å². The fraction of sp³-hybridized carbons (Fsp3) is 0.0769. The molecule has 0 aliphatic carbocycles. The third-order valence-electron chi connectivity index (χ3n) is 2.76. The Hall–Kier alpha value is -0.850. The van der Waals surface area contributed by atoms with Gasteiger partial charge in [-0.25, -0.2) is 9.97 Å². The molecule has 0 aliphatic rings. The molecule has 0 bridgehead atoms. The summed E-state index contributed by atoms with van der Waals surface area (Å²) in [6.07, 6.45) is 1.75. The molecule has 1 aromatic carbocycles. The first-order chi connectivity index (χ1) is 9.20. The van der Waals surface area contributed by atoms with Crippen LogP contribution in [0.3, 0.4) is 0 Å². The number of hydrogen-bond acceptors (Lipinski definition) is 2. The van der Waals surface area contributed by atoms with E-state index in [0.29, 0.717) is 10.9 Å². The van der Waals surface area contributed by atoms with E-state index in [4.69, 9.17) is 23.2 Å². The number of hydrogen-bond donors (Lipinski definition) is 0. The molecule has 6 heteroatoms. The molecule has 0 fully saturated rings. The monoisotopic (exact) mass is 403 g/mol. The minimum absolute atomic E-state index is 0.328. The van der Waals surface area contributed by atoms with E-state index in [1.165, 1.54) is 0 Å². The number of nitrogens with zero attached hydrogens (tertiary/aromatic N) is 3. The van der Waals surface area contributed by atoms with Crippen molar-refractivity contribution in [2.24, 2.45) is 0 Å². The molecule has 0 N–H and O–H groups in total. The predicted molar refractivity (Wildman–Crippen MR) is 86.1 cm³/mol. The maximum atomic E-state index is 6.00. The average Bonchev–Trinajstić information content (AvgIpc) is 2.77. The van der Waals surface area contributed by atoms with Crippen LogP contribution in [-0.4, -0.2) is 14.5 Å². The minimum Gasteiger partial charge on any atom is -0.279 e. The van der Waals surface area contributed by atoms with Gasteiger partial charge in [-0.3, -0.25) is 4.57 Å². The molecule has 3 aromatic rings. The Kier molecular flexibility index (Phi) is 3.64. The zero-order valence-electron chi connectivity index (χ0n) is 9.65. The van der Waals surface area contributed by atoms with E-state index < -0.39 is 0 Å². The van der Waals surface area contributed by atoms with Gasteiger partial charge in [0.15, 0.2) is 5.65 Å². The molecular formula is C13H8Cl2IN3. The van der Waals surface area contributed by atoms with Crippen LogP contribution >= 0.6 is 45.8 Å². The van der Waals surface area contributed by atoms with Crippen molar-refractivity contribution in [2.75, 3.05) is 0 Å². The molecule has 0 saturated heterocycles. The number of pyridine rings is 1. The Bertz CT molecular complexity index is 755. The summed E-state index contributed by atoms with van der Waals surface area (Å²) < 4.78 is 3.00. The topological polar surface area (TPSA) is 30.7 Å². The highest BCUT2D eigenvalue weighted by molar-refractivity contribution is 14.1. The van der Waals surface area contributed by atoms with Gasteiger partial charge in [-0.1, -0.05) is 11.6 Å². The van der Waals surface area contributed by atoms with Crippen molar-refractivity contribution in [3.8, 4) is 5.69 Å². The largest absolute Gasteiger partial charge is 0.279 e. The minimum atomic E-state index is 0.328. The summed E-state index contributed by atoms with van der Waals surface area (Å²) >= 11 is 14.2. The lowest BCUT2D eigenvalue weighted by Crippen LogP contribution is -2.02. The Balaban J connectivity index is 2.34. The van der Waals surface area contributed by atoms with E-state index in [9.17, 15) is 0 Å². The van der Waals surface area contributed by atoms with Gasteiger partial charge in [-0.2, -0.15) is 0 Å². The number of benzene rings is 1. The van der Waals surface area contributed by atoms with E-state index in [1.54, 1.807) is 6.20 Å². The molecule has 0 spiro atoms. The SMILES string of the molecule is ClCc1nc2cccnc2n1-c1ccc(Cl)cc1I. The van der Waals surface area contributed by atoms with E-state index in [-0.39, 0.29) is 0 Å². The third-order valence-corrected chi connectivity index (χ3v) is 4.09. The molecule has 3 nitrogen and oxygen atoms in total. The number of imidazole rings is 1. The van der Waals surface area contributed by atoms with Gasteiger partial charge in [0.2, 0.25) is 0 Å². The first kappa shape index (κ1) is 13.1. The van der Waals surface area contributed by atoms with Gasteiger partial charge in [-0.15, -0.1) is 11.6 Å². The number of rotatable bonds is 2. The molecule has 0 unspecified atom stereocenters. The van der Waals surface area contributed by atoms with Crippen molar-refractivity contribution < 1.29 is 0 Å². The van der Waals surface area contributed by atoms with Crippen LogP contribution in [-0.2, 0) is 5.88 Å². The summed E-state index contributed by atoms with van der Waals surface area (Å²) in [4.78, 5) is 8.90. The van der Waals surface area contributed by atoms with Crippen molar-refractivity contribution in [2.45, 2.75) is 5.88 Å². The first-order valence-electron chi connectivity index (χ1n) is 5.54. The molecule has 0 atom stereocenters. The molecule has 96 valence electrons. The molecule has 3 rings (SSSR count). The van der Waals surface area contributed by atoms with Crippen molar-refractivity contribution in [3.63, 3.8) is 0 Å². The van der Waals surface area contributed by atoms with Gasteiger partial charge >= 0.3 is 0 Å². The quantitative estimate of drug-likeness (QED) is 0.468. The highest BCUT2D eigenvalue weighted by atomic mass is 127. The number of fused-ring (bicyclic) bond motifs is 1. The molecule has 0 saturated carbocycles. The van der Waals surface area contributed by atoms with Crippen LogP contribution in [0.25, 0.3) is 16.9 Å². The number of aromatic nitrogens is 3. The van der Waals surface area contributed by atoms with Crippen LogP contribution in [0, 0.1) is 3.57 Å². The summed E-state index contributed by atoms with van der Waals surface area (Å²) in [5, 5.41) is 0.706. The van der Waals surface area contributed by atoms with Crippen LogP contribution in [0.5, 0.6) is 0 Å². The van der Waals surface area contributed by atoms with Crippen LogP contribution in [0.2, 0.25) is 5.02 Å². The molecular weight excluding hydrogens is 396 g/mol. The lowest BCUT2D eigenvalue weighted by atomic mass is 10.3.